The van der Waals surface area contributed by atoms with Crippen molar-refractivity contribution in [3.05, 3.63) is 64.8 Å². The second kappa shape index (κ2) is 7.89. The normalized spacial score (nSPS) is 16.0. The van der Waals surface area contributed by atoms with Gasteiger partial charge in [-0.2, -0.15) is 4.31 Å². The number of hydrogen-bond donors (Lipinski definition) is 1. The first-order valence-electron chi connectivity index (χ1n) is 10.2. The van der Waals surface area contributed by atoms with Crippen molar-refractivity contribution in [2.45, 2.75) is 32.1 Å². The Morgan fingerprint density at radius 2 is 1.67 bits per heavy atom. The molecule has 0 bridgehead atoms. The Hall–Kier alpha value is -2.64. The molecule has 0 atom stereocenters. The molecule has 1 saturated heterocycles. The highest BCUT2D eigenvalue weighted by Crippen LogP contribution is 2.24. The zero-order valence-electron chi connectivity index (χ0n) is 17.6. The van der Waals surface area contributed by atoms with Crippen molar-refractivity contribution >= 4 is 26.8 Å². The Bertz CT molecular complexity index is 1200. The van der Waals surface area contributed by atoms with E-state index in [1.165, 1.54) is 4.31 Å². The van der Waals surface area contributed by atoms with Gasteiger partial charge >= 0.3 is 0 Å². The predicted octanol–water partition coefficient (Wildman–Crippen LogP) is 3.63. The van der Waals surface area contributed by atoms with Crippen LogP contribution in [0.3, 0.4) is 0 Å². The quantitative estimate of drug-likeness (QED) is 0.696. The summed E-state index contributed by atoms with van der Waals surface area (Å²) in [6.07, 6.45) is 0.612. The summed E-state index contributed by atoms with van der Waals surface area (Å²) in [6.45, 7) is 7.63. The number of aryl methyl sites for hydroxylation is 3. The van der Waals surface area contributed by atoms with Crippen molar-refractivity contribution in [2.24, 2.45) is 0 Å². The van der Waals surface area contributed by atoms with E-state index in [0.717, 1.165) is 27.7 Å². The number of benzene rings is 2. The second-order valence-electron chi connectivity index (χ2n) is 8.00. The van der Waals surface area contributed by atoms with Gasteiger partial charge < -0.3 is 9.88 Å². The lowest BCUT2D eigenvalue weighted by Crippen LogP contribution is -2.37. The molecule has 0 radical (unpaired) electrons. The summed E-state index contributed by atoms with van der Waals surface area (Å²) in [5.41, 5.74) is 4.92. The fourth-order valence-corrected chi connectivity index (χ4v) is 5.44. The van der Waals surface area contributed by atoms with Crippen LogP contribution in [-0.2, 0) is 10.0 Å². The average Bonchev–Trinajstić information content (AvgIpc) is 2.90. The van der Waals surface area contributed by atoms with Crippen LogP contribution in [0.25, 0.3) is 10.9 Å². The fourth-order valence-electron chi connectivity index (χ4n) is 3.97. The number of sulfonamides is 1. The minimum atomic E-state index is -3.56. The molecule has 0 spiro atoms. The summed E-state index contributed by atoms with van der Waals surface area (Å²) in [6, 6.07) is 12.6. The van der Waals surface area contributed by atoms with E-state index in [2.05, 4.69) is 4.98 Å². The Morgan fingerprint density at radius 3 is 2.40 bits per heavy atom. The maximum Gasteiger partial charge on any atom is 0.253 e. The van der Waals surface area contributed by atoms with Gasteiger partial charge in [0.2, 0.25) is 10.0 Å². The topological polar surface area (TPSA) is 73.5 Å². The molecule has 0 aliphatic carbocycles. The molecule has 7 heteroatoms. The molecule has 158 valence electrons. The van der Waals surface area contributed by atoms with E-state index in [4.69, 9.17) is 0 Å². The third-order valence-corrected chi connectivity index (χ3v) is 7.87. The number of aromatic nitrogens is 1. The number of aromatic amines is 1. The van der Waals surface area contributed by atoms with Crippen LogP contribution < -0.4 is 0 Å². The zero-order valence-corrected chi connectivity index (χ0v) is 18.4. The average molecular weight is 426 g/mol. The zero-order chi connectivity index (χ0) is 21.5. The van der Waals surface area contributed by atoms with Gasteiger partial charge in [0.25, 0.3) is 5.91 Å². The Morgan fingerprint density at radius 1 is 0.933 bits per heavy atom. The lowest BCUT2D eigenvalue weighted by atomic mass is 10.1. The summed E-state index contributed by atoms with van der Waals surface area (Å²) in [7, 11) is -3.56. The van der Waals surface area contributed by atoms with Gasteiger partial charge in [0.15, 0.2) is 0 Å². The molecule has 1 aromatic heterocycles. The highest BCUT2D eigenvalue weighted by molar-refractivity contribution is 7.89. The molecule has 1 aliphatic rings. The Balaban J connectivity index is 1.52. The van der Waals surface area contributed by atoms with Gasteiger partial charge in [-0.15, -0.1) is 0 Å². The number of H-pyrrole nitrogens is 1. The van der Waals surface area contributed by atoms with E-state index in [1.807, 2.05) is 39.0 Å². The predicted molar refractivity (Wildman–Crippen MR) is 118 cm³/mol. The third kappa shape index (κ3) is 3.75. The maximum atomic E-state index is 13.1. The van der Waals surface area contributed by atoms with E-state index in [0.29, 0.717) is 43.1 Å². The van der Waals surface area contributed by atoms with Crippen LogP contribution in [0.1, 0.15) is 33.6 Å². The molecular weight excluding hydrogens is 398 g/mol. The first kappa shape index (κ1) is 20.6. The van der Waals surface area contributed by atoms with E-state index in [1.54, 1.807) is 29.2 Å². The summed E-state index contributed by atoms with van der Waals surface area (Å²) >= 11 is 0. The van der Waals surface area contributed by atoms with Crippen molar-refractivity contribution in [3.8, 4) is 0 Å². The van der Waals surface area contributed by atoms with E-state index in [9.17, 15) is 13.2 Å². The van der Waals surface area contributed by atoms with Crippen LogP contribution in [0.2, 0.25) is 0 Å². The van der Waals surface area contributed by atoms with Crippen molar-refractivity contribution in [1.82, 2.24) is 14.2 Å². The van der Waals surface area contributed by atoms with Crippen LogP contribution in [0, 0.1) is 20.8 Å². The van der Waals surface area contributed by atoms with E-state index < -0.39 is 10.0 Å². The van der Waals surface area contributed by atoms with Crippen molar-refractivity contribution < 1.29 is 13.2 Å². The van der Waals surface area contributed by atoms with Gasteiger partial charge in [-0.05, 0) is 63.1 Å². The number of carbonyl (C=O) groups excluding carboxylic acids is 1. The number of amides is 1. The highest BCUT2D eigenvalue weighted by atomic mass is 32.2. The van der Waals surface area contributed by atoms with Crippen LogP contribution in [0.5, 0.6) is 0 Å². The molecule has 3 aromatic rings. The smallest absolute Gasteiger partial charge is 0.253 e. The number of nitrogens with one attached hydrogen (secondary N) is 1. The monoisotopic (exact) mass is 425 g/mol. The van der Waals surface area contributed by atoms with Crippen LogP contribution in [0.15, 0.2) is 47.4 Å². The molecule has 4 rings (SSSR count). The fraction of sp³-hybridized carbons (Fsp3) is 0.348. The van der Waals surface area contributed by atoms with Gasteiger partial charge in [0, 0.05) is 48.3 Å². The first-order chi connectivity index (χ1) is 14.3. The van der Waals surface area contributed by atoms with Gasteiger partial charge in [-0.3, -0.25) is 4.79 Å². The SMILES string of the molecule is Cc1ccc(S(=O)(=O)N2CCCN(C(=O)c3ccc4[nH]c(C)c(C)c4c3)CC2)cc1. The molecule has 1 fully saturated rings. The van der Waals surface area contributed by atoms with Gasteiger partial charge in [0.1, 0.15) is 0 Å². The van der Waals surface area contributed by atoms with Crippen molar-refractivity contribution in [3.63, 3.8) is 0 Å². The molecule has 1 aliphatic heterocycles. The third-order valence-electron chi connectivity index (χ3n) is 5.96. The number of hydrogen-bond acceptors (Lipinski definition) is 3. The molecule has 2 aromatic carbocycles. The largest absolute Gasteiger partial charge is 0.358 e. The number of carbonyl (C=O) groups is 1. The maximum absolute atomic E-state index is 13.1. The van der Waals surface area contributed by atoms with Gasteiger partial charge in [-0.25, -0.2) is 8.42 Å². The number of fused-ring (bicyclic) bond motifs is 1. The molecule has 0 saturated carbocycles. The molecule has 1 N–H and O–H groups in total. The van der Waals surface area contributed by atoms with Crippen molar-refractivity contribution in [2.75, 3.05) is 26.2 Å². The molecule has 0 unspecified atom stereocenters. The summed E-state index contributed by atoms with van der Waals surface area (Å²) in [4.78, 5) is 18.5. The van der Waals surface area contributed by atoms with Crippen LogP contribution >= 0.6 is 0 Å². The number of rotatable bonds is 3. The van der Waals surface area contributed by atoms with E-state index >= 15 is 0 Å². The lowest BCUT2D eigenvalue weighted by molar-refractivity contribution is 0.0764. The Kier molecular flexibility index (Phi) is 5.42. The first-order valence-corrected chi connectivity index (χ1v) is 11.7. The minimum Gasteiger partial charge on any atom is -0.358 e. The standard InChI is InChI=1S/C23H27N3O3S/c1-16-5-8-20(9-6-16)30(28,29)26-12-4-11-25(13-14-26)23(27)19-7-10-22-21(15-19)17(2)18(3)24-22/h5-10,15,24H,4,11-14H2,1-3H3. The molecule has 1 amide bonds. The Labute approximate surface area is 177 Å². The number of nitrogens with zero attached hydrogens (tertiary/aromatic N) is 2. The summed E-state index contributed by atoms with van der Waals surface area (Å²) in [5.74, 6) is -0.0512. The molecular formula is C23H27N3O3S. The highest BCUT2D eigenvalue weighted by Gasteiger charge is 2.28. The van der Waals surface area contributed by atoms with Gasteiger partial charge in [-0.1, -0.05) is 17.7 Å². The lowest BCUT2D eigenvalue weighted by Gasteiger charge is -2.22. The second-order valence-corrected chi connectivity index (χ2v) is 9.94. The summed E-state index contributed by atoms with van der Waals surface area (Å²) in [5, 5.41) is 1.05. The van der Waals surface area contributed by atoms with Crippen molar-refractivity contribution in [1.29, 1.82) is 0 Å². The summed E-state index contributed by atoms with van der Waals surface area (Å²) < 4.78 is 27.5. The molecule has 2 heterocycles. The minimum absolute atomic E-state index is 0.0512. The van der Waals surface area contributed by atoms with Crippen LogP contribution in [0.4, 0.5) is 0 Å². The van der Waals surface area contributed by atoms with Gasteiger partial charge in [0.05, 0.1) is 4.90 Å². The van der Waals surface area contributed by atoms with E-state index in [-0.39, 0.29) is 5.91 Å². The molecule has 30 heavy (non-hydrogen) atoms. The molecule has 6 nitrogen and oxygen atoms in total. The van der Waals surface area contributed by atoms with Crippen LogP contribution in [-0.4, -0.2) is 54.7 Å².